The lowest BCUT2D eigenvalue weighted by atomic mass is 9.98. The van der Waals surface area contributed by atoms with Crippen LogP contribution in [0.3, 0.4) is 0 Å². The van der Waals surface area contributed by atoms with Crippen LogP contribution in [-0.2, 0) is 22.4 Å². The minimum Gasteiger partial charge on any atom is -0.480 e. The number of carboxylic acids is 1. The van der Waals surface area contributed by atoms with Crippen LogP contribution in [0.4, 0.5) is 0 Å². The number of carbonyl (C=O) groups is 1. The first-order valence-corrected chi connectivity index (χ1v) is 11.1. The van der Waals surface area contributed by atoms with E-state index in [0.29, 0.717) is 18.7 Å². The fraction of sp³-hybridized carbons (Fsp3) is 0.308. The van der Waals surface area contributed by atoms with Crippen molar-refractivity contribution in [2.75, 3.05) is 13.2 Å². The molecule has 3 aromatic heterocycles. The van der Waals surface area contributed by atoms with Gasteiger partial charge in [-0.15, -0.1) is 0 Å². The molecule has 7 heteroatoms. The van der Waals surface area contributed by atoms with Crippen LogP contribution in [0.2, 0.25) is 0 Å². The Morgan fingerprint density at radius 3 is 2.64 bits per heavy atom. The molecule has 0 fully saturated rings. The molecule has 0 saturated heterocycles. The van der Waals surface area contributed by atoms with E-state index < -0.39 is 5.97 Å². The van der Waals surface area contributed by atoms with Gasteiger partial charge >= 0.3 is 5.97 Å². The van der Waals surface area contributed by atoms with E-state index in [-0.39, 0.29) is 12.5 Å². The van der Waals surface area contributed by atoms with Crippen molar-refractivity contribution >= 4 is 17.1 Å². The Kier molecular flexibility index (Phi) is 7.10. The summed E-state index contributed by atoms with van der Waals surface area (Å²) < 4.78 is 11.5. The Balaban J connectivity index is 1.73. The number of hydrogen-bond donors (Lipinski definition) is 1. The minimum absolute atomic E-state index is 0.181. The largest absolute Gasteiger partial charge is 0.480 e. The molecule has 0 amide bonds. The van der Waals surface area contributed by atoms with Crippen molar-refractivity contribution in [2.24, 2.45) is 5.92 Å². The van der Waals surface area contributed by atoms with E-state index in [2.05, 4.69) is 23.0 Å². The van der Waals surface area contributed by atoms with Crippen LogP contribution < -0.4 is 0 Å². The monoisotopic (exact) mass is 445 g/mol. The van der Waals surface area contributed by atoms with Crippen molar-refractivity contribution in [1.29, 1.82) is 0 Å². The fourth-order valence-corrected chi connectivity index (χ4v) is 3.82. The van der Waals surface area contributed by atoms with Gasteiger partial charge in [0.25, 0.3) is 0 Å². The Labute approximate surface area is 192 Å². The Morgan fingerprint density at radius 1 is 1.12 bits per heavy atom. The maximum atomic E-state index is 10.7. The molecular weight excluding hydrogens is 418 g/mol. The molecule has 0 spiro atoms. The van der Waals surface area contributed by atoms with E-state index in [0.717, 1.165) is 46.5 Å². The number of pyridine rings is 1. The van der Waals surface area contributed by atoms with Gasteiger partial charge in [-0.05, 0) is 36.8 Å². The standard InChI is InChI=1S/C26H27N3O4/c1-3-18-10-12-20(27-13-18)23-24-21(11-9-17(2)14-32-15-22(30)31)28-16-29-26(24)33-25(23)19-7-5-4-6-8-19/h4-8,10,12-13,16-17H,3,9,11,14-15H2,1-2H3,(H,30,31)/t17-/m0/s1. The highest BCUT2D eigenvalue weighted by atomic mass is 16.5. The Bertz CT molecular complexity index is 1220. The number of furan rings is 1. The van der Waals surface area contributed by atoms with E-state index in [9.17, 15) is 4.79 Å². The van der Waals surface area contributed by atoms with Gasteiger partial charge in [0, 0.05) is 18.4 Å². The SMILES string of the molecule is CCc1ccc(-c2c(-c3ccccc3)oc3ncnc(CC[C@H](C)COCC(=O)O)c23)nc1. The molecule has 0 aliphatic carbocycles. The van der Waals surface area contributed by atoms with E-state index in [4.69, 9.17) is 19.2 Å². The lowest BCUT2D eigenvalue weighted by Gasteiger charge is -2.11. The zero-order chi connectivity index (χ0) is 23.2. The molecule has 0 saturated carbocycles. The predicted molar refractivity (Wildman–Crippen MR) is 126 cm³/mol. The van der Waals surface area contributed by atoms with Crippen LogP contribution in [-0.4, -0.2) is 39.2 Å². The summed E-state index contributed by atoms with van der Waals surface area (Å²) >= 11 is 0. The first-order chi connectivity index (χ1) is 16.1. The molecule has 7 nitrogen and oxygen atoms in total. The van der Waals surface area contributed by atoms with Gasteiger partial charge in [-0.25, -0.2) is 14.8 Å². The number of benzene rings is 1. The number of rotatable bonds is 10. The third-order valence-electron chi connectivity index (χ3n) is 5.59. The van der Waals surface area contributed by atoms with Crippen LogP contribution in [0.25, 0.3) is 33.7 Å². The number of ether oxygens (including phenoxy) is 1. The van der Waals surface area contributed by atoms with Crippen molar-refractivity contribution in [1.82, 2.24) is 15.0 Å². The van der Waals surface area contributed by atoms with Crippen molar-refractivity contribution in [3.63, 3.8) is 0 Å². The number of aromatic nitrogens is 3. The summed E-state index contributed by atoms with van der Waals surface area (Å²) in [4.78, 5) is 24.4. The molecule has 1 aromatic carbocycles. The number of fused-ring (bicyclic) bond motifs is 1. The highest BCUT2D eigenvalue weighted by molar-refractivity contribution is 6.00. The predicted octanol–water partition coefficient (Wildman–Crippen LogP) is 5.18. The van der Waals surface area contributed by atoms with Crippen LogP contribution in [0.15, 0.2) is 59.4 Å². The van der Waals surface area contributed by atoms with Gasteiger partial charge in [-0.1, -0.05) is 50.2 Å². The molecule has 33 heavy (non-hydrogen) atoms. The Hall–Kier alpha value is -3.58. The van der Waals surface area contributed by atoms with E-state index >= 15 is 0 Å². The number of hydrogen-bond acceptors (Lipinski definition) is 6. The third-order valence-corrected chi connectivity index (χ3v) is 5.59. The van der Waals surface area contributed by atoms with Gasteiger partial charge in [0.05, 0.1) is 22.3 Å². The number of nitrogens with zero attached hydrogens (tertiary/aromatic N) is 3. The highest BCUT2D eigenvalue weighted by Gasteiger charge is 2.23. The van der Waals surface area contributed by atoms with Gasteiger partial charge < -0.3 is 14.3 Å². The molecular formula is C26H27N3O4. The normalized spacial score (nSPS) is 12.2. The second-order valence-electron chi connectivity index (χ2n) is 8.13. The molecule has 3 heterocycles. The summed E-state index contributed by atoms with van der Waals surface area (Å²) in [5.74, 6) is -0.0556. The summed E-state index contributed by atoms with van der Waals surface area (Å²) in [6.45, 7) is 4.24. The zero-order valence-corrected chi connectivity index (χ0v) is 18.8. The number of carboxylic acid groups (broad SMARTS) is 1. The van der Waals surface area contributed by atoms with Gasteiger partial charge in [-0.3, -0.25) is 4.98 Å². The summed E-state index contributed by atoms with van der Waals surface area (Å²) in [6.07, 6.45) is 5.82. The van der Waals surface area contributed by atoms with E-state index in [1.54, 1.807) is 0 Å². The van der Waals surface area contributed by atoms with Crippen molar-refractivity contribution in [3.8, 4) is 22.6 Å². The van der Waals surface area contributed by atoms with Gasteiger partial charge in [0.1, 0.15) is 18.7 Å². The van der Waals surface area contributed by atoms with Gasteiger partial charge in [0.15, 0.2) is 0 Å². The average Bonchev–Trinajstić information content (AvgIpc) is 3.23. The van der Waals surface area contributed by atoms with E-state index in [1.165, 1.54) is 11.9 Å². The first kappa shape index (κ1) is 22.6. The molecule has 4 rings (SSSR count). The van der Waals surface area contributed by atoms with Crippen LogP contribution in [0.1, 0.15) is 31.5 Å². The second-order valence-corrected chi connectivity index (χ2v) is 8.13. The molecule has 1 N–H and O–H groups in total. The third kappa shape index (κ3) is 5.26. The molecule has 0 radical (unpaired) electrons. The highest BCUT2D eigenvalue weighted by Crippen LogP contribution is 2.40. The molecule has 0 aliphatic heterocycles. The summed E-state index contributed by atoms with van der Waals surface area (Å²) in [5, 5.41) is 9.63. The molecule has 0 unspecified atom stereocenters. The lowest BCUT2D eigenvalue weighted by Crippen LogP contribution is -2.13. The maximum Gasteiger partial charge on any atom is 0.329 e. The minimum atomic E-state index is -0.960. The fourth-order valence-electron chi connectivity index (χ4n) is 3.82. The smallest absolute Gasteiger partial charge is 0.329 e. The van der Waals surface area contributed by atoms with Gasteiger partial charge in [0.2, 0.25) is 5.71 Å². The molecule has 170 valence electrons. The van der Waals surface area contributed by atoms with Crippen molar-refractivity contribution < 1.29 is 19.1 Å². The number of aliphatic carboxylic acids is 1. The summed E-state index contributed by atoms with van der Waals surface area (Å²) in [6, 6.07) is 14.1. The zero-order valence-electron chi connectivity index (χ0n) is 18.8. The van der Waals surface area contributed by atoms with Crippen molar-refractivity contribution in [3.05, 3.63) is 66.2 Å². The van der Waals surface area contributed by atoms with Gasteiger partial charge in [-0.2, -0.15) is 0 Å². The van der Waals surface area contributed by atoms with Crippen LogP contribution in [0, 0.1) is 5.92 Å². The van der Waals surface area contributed by atoms with Crippen LogP contribution >= 0.6 is 0 Å². The number of aryl methyl sites for hydroxylation is 2. The van der Waals surface area contributed by atoms with Crippen molar-refractivity contribution in [2.45, 2.75) is 33.1 Å². The Morgan fingerprint density at radius 2 is 1.94 bits per heavy atom. The topological polar surface area (TPSA) is 98.3 Å². The molecule has 0 bridgehead atoms. The second kappa shape index (κ2) is 10.4. The maximum absolute atomic E-state index is 10.7. The molecule has 4 aromatic rings. The quantitative estimate of drug-likeness (QED) is 0.359. The molecule has 1 atom stereocenters. The molecule has 0 aliphatic rings. The first-order valence-electron chi connectivity index (χ1n) is 11.1. The van der Waals surface area contributed by atoms with E-state index in [1.807, 2.05) is 49.5 Å². The lowest BCUT2D eigenvalue weighted by molar-refractivity contribution is -0.142. The summed E-state index contributed by atoms with van der Waals surface area (Å²) in [7, 11) is 0. The summed E-state index contributed by atoms with van der Waals surface area (Å²) in [5.41, 5.74) is 5.24. The van der Waals surface area contributed by atoms with Crippen LogP contribution in [0.5, 0.6) is 0 Å². The average molecular weight is 446 g/mol.